The summed E-state index contributed by atoms with van der Waals surface area (Å²) in [5.41, 5.74) is 3.62. The molecular weight excluding hydrogens is 342 g/mol. The fourth-order valence-corrected chi connectivity index (χ4v) is 3.76. The van der Waals surface area contributed by atoms with E-state index in [0.29, 0.717) is 18.2 Å². The number of nitrogens with zero attached hydrogens (tertiary/aromatic N) is 1. The van der Waals surface area contributed by atoms with Gasteiger partial charge in [0.2, 0.25) is 0 Å². The Labute approximate surface area is 170 Å². The molecule has 0 saturated carbocycles. The monoisotopic (exact) mass is 375 g/mol. The van der Waals surface area contributed by atoms with Gasteiger partial charge >= 0.3 is 0 Å². The Balaban J connectivity index is 1.44. The summed E-state index contributed by atoms with van der Waals surface area (Å²) in [6.07, 6.45) is 11.4. The molecule has 0 aromatic heterocycles. The highest BCUT2D eigenvalue weighted by atomic mass is 16.1. The van der Waals surface area contributed by atoms with Crippen LogP contribution in [0.4, 0.5) is 0 Å². The van der Waals surface area contributed by atoms with Crippen LogP contribution in [0.15, 0.2) is 60.7 Å². The highest BCUT2D eigenvalue weighted by molar-refractivity contribution is 5.88. The van der Waals surface area contributed by atoms with Crippen LogP contribution in [-0.4, -0.2) is 23.3 Å². The first-order valence-corrected chi connectivity index (χ1v) is 10.8. The topological polar surface area (TPSA) is 20.1 Å². The summed E-state index contributed by atoms with van der Waals surface area (Å²) in [5.74, 6) is 0.335. The highest BCUT2D eigenvalue weighted by Gasteiger charge is 2.42. The number of unbranched alkanes of at least 4 members (excludes halogenated alkanes) is 4. The van der Waals surface area contributed by atoms with Crippen LogP contribution in [-0.2, 0) is 11.2 Å². The van der Waals surface area contributed by atoms with Crippen molar-refractivity contribution in [1.29, 1.82) is 0 Å². The molecule has 0 bridgehead atoms. The Kier molecular flexibility index (Phi) is 7.62. The van der Waals surface area contributed by atoms with Gasteiger partial charge in [0.05, 0.1) is 6.04 Å². The van der Waals surface area contributed by atoms with E-state index in [1.807, 2.05) is 6.07 Å². The zero-order valence-electron chi connectivity index (χ0n) is 17.3. The molecule has 2 unspecified atom stereocenters. The molecule has 1 fully saturated rings. The fraction of sp³-hybridized carbons (Fsp3) is 0.423. The molecule has 0 radical (unpaired) electrons. The number of allylic oxidation sites excluding steroid dienone is 1. The number of hydrogen-bond acceptors (Lipinski definition) is 2. The van der Waals surface area contributed by atoms with Crippen molar-refractivity contribution in [2.75, 3.05) is 6.54 Å². The van der Waals surface area contributed by atoms with E-state index in [0.717, 1.165) is 18.5 Å². The SMILES string of the molecule is CCCCCCC=Cc1ccc(CC(=O)C2CN2[C@H](C)c2ccccc2)cc1. The molecule has 1 saturated heterocycles. The number of benzene rings is 2. The van der Waals surface area contributed by atoms with Gasteiger partial charge < -0.3 is 0 Å². The first kappa shape index (κ1) is 20.5. The third-order valence-corrected chi connectivity index (χ3v) is 5.69. The van der Waals surface area contributed by atoms with Gasteiger partial charge in [0, 0.05) is 19.0 Å². The van der Waals surface area contributed by atoms with Crippen LogP contribution >= 0.6 is 0 Å². The lowest BCUT2D eigenvalue weighted by molar-refractivity contribution is -0.118. The molecule has 28 heavy (non-hydrogen) atoms. The summed E-state index contributed by atoms with van der Waals surface area (Å²) in [7, 11) is 0. The Morgan fingerprint density at radius 1 is 1.07 bits per heavy atom. The molecule has 0 N–H and O–H groups in total. The molecule has 2 aromatic rings. The Morgan fingerprint density at radius 2 is 1.82 bits per heavy atom. The average molecular weight is 376 g/mol. The van der Waals surface area contributed by atoms with Gasteiger partial charge in [-0.15, -0.1) is 0 Å². The van der Waals surface area contributed by atoms with Crippen molar-refractivity contribution in [3.8, 4) is 0 Å². The second kappa shape index (κ2) is 10.4. The van der Waals surface area contributed by atoms with E-state index in [1.54, 1.807) is 0 Å². The summed E-state index contributed by atoms with van der Waals surface area (Å²) in [5, 5.41) is 0. The van der Waals surface area contributed by atoms with Crippen molar-refractivity contribution in [1.82, 2.24) is 4.90 Å². The summed E-state index contributed by atoms with van der Waals surface area (Å²) in [6.45, 7) is 5.31. The van der Waals surface area contributed by atoms with Crippen molar-refractivity contribution in [3.05, 3.63) is 77.4 Å². The standard InChI is InChI=1S/C26H33NO/c1-3-4-5-6-7-9-12-22-15-17-23(18-16-22)19-26(28)25-20-27(25)21(2)24-13-10-8-11-14-24/h8-18,21,25H,3-7,19-20H2,1-2H3/t21-,25?,27?/m1/s1. The Morgan fingerprint density at radius 3 is 2.54 bits per heavy atom. The fourth-order valence-electron chi connectivity index (χ4n) is 3.76. The van der Waals surface area contributed by atoms with Crippen molar-refractivity contribution < 1.29 is 4.79 Å². The molecule has 0 aliphatic carbocycles. The molecule has 2 heteroatoms. The molecule has 3 atom stereocenters. The van der Waals surface area contributed by atoms with Crippen molar-refractivity contribution in [2.24, 2.45) is 0 Å². The molecule has 1 heterocycles. The van der Waals surface area contributed by atoms with Gasteiger partial charge in [-0.3, -0.25) is 9.69 Å². The van der Waals surface area contributed by atoms with Crippen LogP contribution < -0.4 is 0 Å². The number of carbonyl (C=O) groups is 1. The van der Waals surface area contributed by atoms with Crippen LogP contribution in [0.25, 0.3) is 6.08 Å². The van der Waals surface area contributed by atoms with Crippen LogP contribution in [0.5, 0.6) is 0 Å². The zero-order valence-corrected chi connectivity index (χ0v) is 17.3. The largest absolute Gasteiger partial charge is 0.298 e. The van der Waals surface area contributed by atoms with Crippen LogP contribution in [0, 0.1) is 0 Å². The first-order chi connectivity index (χ1) is 13.7. The van der Waals surface area contributed by atoms with Crippen LogP contribution in [0.2, 0.25) is 0 Å². The number of ketones is 1. The lowest BCUT2D eigenvalue weighted by Crippen LogP contribution is -2.17. The van der Waals surface area contributed by atoms with E-state index in [-0.39, 0.29) is 6.04 Å². The molecule has 3 rings (SSSR count). The normalized spacial score (nSPS) is 19.6. The van der Waals surface area contributed by atoms with Crippen molar-refractivity contribution in [3.63, 3.8) is 0 Å². The lowest BCUT2D eigenvalue weighted by Gasteiger charge is -2.14. The van der Waals surface area contributed by atoms with Gasteiger partial charge in [-0.05, 0) is 36.5 Å². The maximum absolute atomic E-state index is 12.6. The molecule has 2 nitrogen and oxygen atoms in total. The summed E-state index contributed by atoms with van der Waals surface area (Å²) >= 11 is 0. The minimum absolute atomic E-state index is 0.0814. The maximum Gasteiger partial charge on any atom is 0.155 e. The van der Waals surface area contributed by atoms with Gasteiger partial charge in [0.15, 0.2) is 5.78 Å². The molecule has 0 spiro atoms. The molecular formula is C26H33NO. The summed E-state index contributed by atoms with van der Waals surface area (Å²) in [6, 6.07) is 19.3. The molecule has 2 aromatic carbocycles. The van der Waals surface area contributed by atoms with Gasteiger partial charge in [-0.25, -0.2) is 0 Å². The maximum atomic E-state index is 12.6. The quantitative estimate of drug-likeness (QED) is 0.343. The van der Waals surface area contributed by atoms with E-state index in [9.17, 15) is 4.79 Å². The molecule has 1 aliphatic heterocycles. The van der Waals surface area contributed by atoms with Gasteiger partial charge in [-0.2, -0.15) is 0 Å². The van der Waals surface area contributed by atoms with Crippen LogP contribution in [0.1, 0.15) is 68.7 Å². The van der Waals surface area contributed by atoms with Crippen molar-refractivity contribution >= 4 is 11.9 Å². The van der Waals surface area contributed by atoms with E-state index in [4.69, 9.17) is 0 Å². The summed E-state index contributed by atoms with van der Waals surface area (Å²) < 4.78 is 0. The predicted octanol–water partition coefficient (Wildman–Crippen LogP) is 6.23. The Hall–Kier alpha value is -2.19. The smallest absolute Gasteiger partial charge is 0.155 e. The zero-order chi connectivity index (χ0) is 19.8. The van der Waals surface area contributed by atoms with Crippen molar-refractivity contribution in [2.45, 2.75) is 64.5 Å². The second-order valence-electron chi connectivity index (χ2n) is 7.94. The predicted molar refractivity (Wildman–Crippen MR) is 118 cm³/mol. The van der Waals surface area contributed by atoms with Crippen LogP contribution in [0.3, 0.4) is 0 Å². The average Bonchev–Trinajstić information content (AvgIpc) is 3.53. The van der Waals surface area contributed by atoms with E-state index < -0.39 is 0 Å². The molecule has 0 amide bonds. The number of carbonyl (C=O) groups excluding carboxylic acids is 1. The lowest BCUT2D eigenvalue weighted by atomic mass is 10.0. The Bertz CT molecular complexity index is 763. The number of rotatable bonds is 11. The second-order valence-corrected chi connectivity index (χ2v) is 7.94. The first-order valence-electron chi connectivity index (χ1n) is 10.8. The molecule has 1 aliphatic rings. The van der Waals surface area contributed by atoms with E-state index >= 15 is 0 Å². The third-order valence-electron chi connectivity index (χ3n) is 5.69. The highest BCUT2D eigenvalue weighted by Crippen LogP contribution is 2.32. The van der Waals surface area contributed by atoms with Gasteiger partial charge in [0.1, 0.15) is 0 Å². The minimum Gasteiger partial charge on any atom is -0.298 e. The van der Waals surface area contributed by atoms with E-state index in [2.05, 4.69) is 79.4 Å². The van der Waals surface area contributed by atoms with Gasteiger partial charge in [-0.1, -0.05) is 92.9 Å². The number of hydrogen-bond donors (Lipinski definition) is 0. The molecule has 148 valence electrons. The summed E-state index contributed by atoms with van der Waals surface area (Å²) in [4.78, 5) is 14.9. The minimum atomic E-state index is 0.0814. The number of Topliss-reactive ketones (excluding diaryl/α,β-unsaturated/α-hetero) is 1. The van der Waals surface area contributed by atoms with E-state index in [1.165, 1.54) is 36.8 Å². The van der Waals surface area contributed by atoms with Gasteiger partial charge in [0.25, 0.3) is 0 Å². The third kappa shape index (κ3) is 5.90.